The lowest BCUT2D eigenvalue weighted by molar-refractivity contribution is -0.138. The Morgan fingerprint density at radius 3 is 2.65 bits per heavy atom. The van der Waals surface area contributed by atoms with Gasteiger partial charge in [0.25, 0.3) is 0 Å². The number of nitrogens with zero attached hydrogens (tertiary/aromatic N) is 2. The lowest BCUT2D eigenvalue weighted by Crippen LogP contribution is -2.27. The number of hydrogen-bond donors (Lipinski definition) is 2. The first-order valence-corrected chi connectivity index (χ1v) is 7.58. The Hall–Kier alpha value is -2.42. The van der Waals surface area contributed by atoms with E-state index < -0.39 is 28.5 Å². The van der Waals surface area contributed by atoms with Gasteiger partial charge in [-0.15, -0.1) is 0 Å². The maximum absolute atomic E-state index is 12.6. The minimum Gasteiger partial charge on any atom is -0.507 e. The Labute approximate surface area is 130 Å². The Morgan fingerprint density at radius 2 is 1.96 bits per heavy atom. The van der Waals surface area contributed by atoms with E-state index in [0.717, 1.165) is 18.2 Å². The fraction of sp³-hybridized carbons (Fsp3) is 0.143. The molecule has 2 aromatic rings. The second-order valence-corrected chi connectivity index (χ2v) is 5.86. The van der Waals surface area contributed by atoms with Gasteiger partial charge >= 0.3 is 6.18 Å². The number of phenols is 1. The maximum atomic E-state index is 12.6. The molecule has 1 aliphatic heterocycles. The molecular formula is C14H10F3N3O2S. The highest BCUT2D eigenvalue weighted by molar-refractivity contribution is 7.86. The third-order valence-corrected chi connectivity index (χ3v) is 4.31. The van der Waals surface area contributed by atoms with Gasteiger partial charge in [0.2, 0.25) is 0 Å². The summed E-state index contributed by atoms with van der Waals surface area (Å²) < 4.78 is 52.7. The van der Waals surface area contributed by atoms with Crippen molar-refractivity contribution >= 4 is 16.7 Å². The number of fused-ring (bicyclic) bond motifs is 1. The van der Waals surface area contributed by atoms with Crippen LogP contribution in [-0.2, 0) is 17.2 Å². The molecule has 9 heteroatoms. The lowest BCUT2D eigenvalue weighted by atomic mass is 10.2. The number of anilines is 1. The molecule has 0 spiro atoms. The molecule has 2 N–H and O–H groups in total. The molecule has 0 bridgehead atoms. The van der Waals surface area contributed by atoms with Gasteiger partial charge in [0, 0.05) is 6.07 Å². The highest BCUT2D eigenvalue weighted by Crippen LogP contribution is 2.36. The average Bonchev–Trinajstić information content (AvgIpc) is 2.94. The van der Waals surface area contributed by atoms with Crippen molar-refractivity contribution in [1.82, 2.24) is 0 Å². The van der Waals surface area contributed by atoms with E-state index in [1.807, 2.05) is 0 Å². The van der Waals surface area contributed by atoms with E-state index in [0.29, 0.717) is 15.6 Å². The highest BCUT2D eigenvalue weighted by atomic mass is 32.2. The van der Waals surface area contributed by atoms with E-state index in [1.54, 1.807) is 18.2 Å². The first-order chi connectivity index (χ1) is 10.9. The fourth-order valence-electron chi connectivity index (χ4n) is 2.13. The van der Waals surface area contributed by atoms with E-state index in [4.69, 9.17) is 0 Å². The second kappa shape index (κ2) is 5.65. The Morgan fingerprint density at radius 1 is 1.17 bits per heavy atom. The molecule has 0 aliphatic carbocycles. The summed E-state index contributed by atoms with van der Waals surface area (Å²) >= 11 is 0. The number of hydrogen-bond acceptors (Lipinski definition) is 4. The number of halogens is 3. The van der Waals surface area contributed by atoms with Crippen LogP contribution in [0.3, 0.4) is 0 Å². The van der Waals surface area contributed by atoms with Gasteiger partial charge in [-0.25, -0.2) is 4.21 Å². The highest BCUT2D eigenvalue weighted by Gasteiger charge is 2.33. The predicted molar refractivity (Wildman–Crippen MR) is 76.8 cm³/mol. The molecule has 0 saturated carbocycles. The summed E-state index contributed by atoms with van der Waals surface area (Å²) in [5.41, 5.74) is -1.05. The smallest absolute Gasteiger partial charge is 0.419 e. The van der Waals surface area contributed by atoms with E-state index in [9.17, 15) is 22.5 Å². The molecule has 1 aliphatic rings. The summed E-state index contributed by atoms with van der Waals surface area (Å²) in [5.74, 6) is -0.933. The van der Waals surface area contributed by atoms with E-state index in [2.05, 4.69) is 14.7 Å². The van der Waals surface area contributed by atoms with Crippen LogP contribution in [0.15, 0.2) is 51.3 Å². The van der Waals surface area contributed by atoms with Crippen molar-refractivity contribution in [1.29, 1.82) is 0 Å². The summed E-state index contributed by atoms with van der Waals surface area (Å²) in [6.45, 7) is 0.255. The van der Waals surface area contributed by atoms with Crippen LogP contribution in [0, 0.1) is 0 Å². The summed E-state index contributed by atoms with van der Waals surface area (Å²) in [6.07, 6.45) is -4.65. The number of nitrogens with one attached hydrogen (secondary N) is 1. The van der Waals surface area contributed by atoms with Crippen LogP contribution in [0.1, 0.15) is 5.56 Å². The van der Waals surface area contributed by atoms with Crippen LogP contribution >= 0.6 is 0 Å². The number of para-hydroxylation sites is 1. The third-order valence-electron chi connectivity index (χ3n) is 3.16. The van der Waals surface area contributed by atoms with Gasteiger partial charge in [0.15, 0.2) is 11.0 Å². The minimum absolute atomic E-state index is 0.0985. The molecule has 1 heterocycles. The van der Waals surface area contributed by atoms with Gasteiger partial charge in [-0.05, 0) is 24.3 Å². The van der Waals surface area contributed by atoms with Gasteiger partial charge in [-0.3, -0.25) is 9.98 Å². The van der Waals surface area contributed by atoms with Crippen LogP contribution in [0.4, 0.5) is 18.9 Å². The van der Waals surface area contributed by atoms with Gasteiger partial charge < -0.3 is 9.83 Å². The number of alkyl halides is 3. The number of benzene rings is 2. The molecule has 1 unspecified atom stereocenters. The Balaban J connectivity index is 1.89. The Bertz CT molecular complexity index is 912. The van der Waals surface area contributed by atoms with Gasteiger partial charge in [-0.1, -0.05) is 6.07 Å². The molecular weight excluding hydrogens is 331 g/mol. The van der Waals surface area contributed by atoms with Crippen LogP contribution in [0.2, 0.25) is 0 Å². The van der Waals surface area contributed by atoms with E-state index in [-0.39, 0.29) is 12.4 Å². The van der Waals surface area contributed by atoms with Crippen molar-refractivity contribution in [3.63, 3.8) is 0 Å². The third kappa shape index (κ3) is 3.04. The molecule has 3 rings (SSSR count). The molecule has 2 aromatic carbocycles. The molecule has 5 nitrogen and oxygen atoms in total. The zero-order valence-electron chi connectivity index (χ0n) is 11.5. The lowest BCUT2D eigenvalue weighted by Gasteiger charge is -2.11. The van der Waals surface area contributed by atoms with E-state index >= 15 is 0 Å². The first-order valence-electron chi connectivity index (χ1n) is 6.43. The molecule has 0 aromatic heterocycles. The molecule has 0 fully saturated rings. The normalized spacial score (nSPS) is 14.6. The molecule has 0 saturated heterocycles. The molecule has 1 atom stereocenters. The van der Waals surface area contributed by atoms with Crippen molar-refractivity contribution in [2.24, 2.45) is 9.98 Å². The summed E-state index contributed by atoms with van der Waals surface area (Å²) in [7, 11) is -1.75. The maximum Gasteiger partial charge on any atom is 0.419 e. The summed E-state index contributed by atoms with van der Waals surface area (Å²) in [4.78, 5) is 8.61. The standard InChI is InChI=1S/C14H10F3N3O2S/c15-14(16,17)9-5-4-8(6-11(9)21)20-23(22)12-3-1-2-10-13(12)19-7-18-10/h1-6,20-21H,7H2. The Kier molecular flexibility index (Phi) is 3.80. The topological polar surface area (TPSA) is 74.0 Å². The van der Waals surface area contributed by atoms with Crippen molar-refractivity contribution in [3.8, 4) is 5.75 Å². The largest absolute Gasteiger partial charge is 0.507 e. The quantitative estimate of drug-likeness (QED) is 0.893. The zero-order chi connectivity index (χ0) is 16.6. The van der Waals surface area contributed by atoms with Gasteiger partial charge in [-0.2, -0.15) is 13.2 Å². The minimum atomic E-state index is -4.65. The van der Waals surface area contributed by atoms with Crippen molar-refractivity contribution in [3.05, 3.63) is 52.7 Å². The van der Waals surface area contributed by atoms with Crippen LogP contribution in [0.25, 0.3) is 0 Å². The van der Waals surface area contributed by atoms with Gasteiger partial charge in [0.1, 0.15) is 17.8 Å². The fourth-order valence-corrected chi connectivity index (χ4v) is 3.12. The van der Waals surface area contributed by atoms with Gasteiger partial charge in [0.05, 0.1) is 21.5 Å². The van der Waals surface area contributed by atoms with Crippen molar-refractivity contribution in [2.45, 2.75) is 11.1 Å². The predicted octanol–water partition coefficient (Wildman–Crippen LogP) is 1.76. The van der Waals surface area contributed by atoms with Crippen LogP contribution in [0.5, 0.6) is 5.75 Å². The van der Waals surface area contributed by atoms with E-state index in [1.165, 1.54) is 0 Å². The first kappa shape index (κ1) is 15.5. The molecule has 23 heavy (non-hydrogen) atoms. The van der Waals surface area contributed by atoms with Crippen LogP contribution in [-0.4, -0.2) is 16.0 Å². The monoisotopic (exact) mass is 341 g/mol. The number of phenolic OH excluding ortho intramolecular Hbond substituents is 1. The van der Waals surface area contributed by atoms with Crippen molar-refractivity contribution in [2.75, 3.05) is 11.4 Å². The van der Waals surface area contributed by atoms with Crippen molar-refractivity contribution < 1.29 is 22.5 Å². The SMILES string of the molecule is O=S(Nc1ccc(C(F)(F)F)c(O)c1)c1cccc2c1=NCN=2. The molecule has 0 amide bonds. The average molecular weight is 341 g/mol. The molecule has 120 valence electrons. The second-order valence-electron chi connectivity index (χ2n) is 4.68. The number of aromatic hydroxyl groups is 1. The summed E-state index contributed by atoms with van der Waals surface area (Å²) in [6, 6.07) is 7.70. The van der Waals surface area contributed by atoms with Crippen LogP contribution < -0.4 is 15.4 Å². The number of rotatable bonds is 3. The molecule has 0 radical (unpaired) electrons. The summed E-state index contributed by atoms with van der Waals surface area (Å²) in [5, 5.41) is 10.6. The zero-order valence-corrected chi connectivity index (χ0v) is 12.3.